The van der Waals surface area contributed by atoms with E-state index in [1.807, 2.05) is 0 Å². The lowest BCUT2D eigenvalue weighted by Gasteiger charge is -2.12. The minimum atomic E-state index is -3.14. The number of amides is 2. The average Bonchev–Trinajstić information content (AvgIpc) is 3.02. The third-order valence-corrected chi connectivity index (χ3v) is 4.28. The van der Waals surface area contributed by atoms with Gasteiger partial charge in [-0.05, 0) is 36.8 Å². The number of carbonyl (C=O) groups is 2. The van der Waals surface area contributed by atoms with E-state index in [2.05, 4.69) is 10.6 Å². The Labute approximate surface area is 140 Å². The van der Waals surface area contributed by atoms with E-state index in [0.717, 1.165) is 6.26 Å². The van der Waals surface area contributed by atoms with Crippen LogP contribution in [-0.2, 0) is 9.84 Å². The zero-order chi connectivity index (χ0) is 17.7. The number of nitrogens with one attached hydrogen (secondary N) is 2. The Morgan fingerprint density at radius 1 is 1.12 bits per heavy atom. The van der Waals surface area contributed by atoms with Gasteiger partial charge in [0.25, 0.3) is 11.8 Å². The van der Waals surface area contributed by atoms with Crippen LogP contribution in [0, 0.1) is 6.92 Å². The summed E-state index contributed by atoms with van der Waals surface area (Å²) in [6.45, 7) is 1.73. The van der Waals surface area contributed by atoms with E-state index in [0.29, 0.717) is 16.8 Å². The minimum absolute atomic E-state index is 0.0279. The van der Waals surface area contributed by atoms with Crippen molar-refractivity contribution in [3.8, 4) is 0 Å². The first kappa shape index (κ1) is 17.7. The Morgan fingerprint density at radius 2 is 1.88 bits per heavy atom. The summed E-state index contributed by atoms with van der Waals surface area (Å²) in [6, 6.07) is 8.05. The number of benzene rings is 1. The van der Waals surface area contributed by atoms with Crippen molar-refractivity contribution in [1.29, 1.82) is 0 Å². The molecule has 0 aliphatic carbocycles. The molecule has 0 bridgehead atoms. The molecule has 2 amide bonds. The Kier molecular flexibility index (Phi) is 5.40. The van der Waals surface area contributed by atoms with Crippen LogP contribution < -0.4 is 10.6 Å². The summed E-state index contributed by atoms with van der Waals surface area (Å²) in [5.74, 6) is -0.785. The molecule has 0 fully saturated rings. The van der Waals surface area contributed by atoms with Crippen molar-refractivity contribution in [2.75, 3.05) is 23.9 Å². The lowest BCUT2D eigenvalue weighted by molar-refractivity contribution is 0.0953. The van der Waals surface area contributed by atoms with E-state index in [-0.39, 0.29) is 18.1 Å². The third kappa shape index (κ3) is 4.69. The number of rotatable bonds is 6. The number of carbonyl (C=O) groups excluding carboxylic acids is 2. The number of furan rings is 1. The van der Waals surface area contributed by atoms with Crippen molar-refractivity contribution in [3.05, 3.63) is 53.5 Å². The summed E-state index contributed by atoms with van der Waals surface area (Å²) in [7, 11) is -3.14. The second kappa shape index (κ2) is 7.31. The molecule has 8 heteroatoms. The molecule has 0 spiro atoms. The van der Waals surface area contributed by atoms with Gasteiger partial charge in [-0.15, -0.1) is 0 Å². The maximum atomic E-state index is 12.2. The second-order valence-corrected chi connectivity index (χ2v) is 7.56. The number of sulfone groups is 1. The van der Waals surface area contributed by atoms with Gasteiger partial charge in [-0.25, -0.2) is 8.42 Å². The van der Waals surface area contributed by atoms with Crippen LogP contribution in [0.15, 0.2) is 41.0 Å². The van der Waals surface area contributed by atoms with Gasteiger partial charge in [-0.3, -0.25) is 9.59 Å². The fraction of sp³-hybridized carbons (Fsp3) is 0.250. The maximum Gasteiger partial charge on any atom is 0.291 e. The minimum Gasteiger partial charge on any atom is -0.459 e. The Hall–Kier alpha value is -2.61. The van der Waals surface area contributed by atoms with Crippen molar-refractivity contribution in [1.82, 2.24) is 5.32 Å². The first-order chi connectivity index (χ1) is 11.3. The van der Waals surface area contributed by atoms with Gasteiger partial charge in [-0.1, -0.05) is 6.07 Å². The van der Waals surface area contributed by atoms with Gasteiger partial charge in [-0.2, -0.15) is 0 Å². The van der Waals surface area contributed by atoms with Gasteiger partial charge in [0.2, 0.25) is 0 Å². The molecule has 2 aromatic rings. The van der Waals surface area contributed by atoms with Crippen LogP contribution in [0.2, 0.25) is 0 Å². The standard InChI is InChI=1S/C16H18N2O5S/c1-11-12(15(19)17-8-10-24(2,21)22)5-3-6-13(11)18-16(20)14-7-4-9-23-14/h3-7,9H,8,10H2,1-2H3,(H,17,19)(H,18,20). The fourth-order valence-corrected chi connectivity index (χ4v) is 2.53. The molecule has 2 N–H and O–H groups in total. The van der Waals surface area contributed by atoms with Crippen molar-refractivity contribution >= 4 is 27.3 Å². The molecule has 2 rings (SSSR count). The Bertz CT molecular complexity index is 841. The summed E-state index contributed by atoms with van der Waals surface area (Å²) in [4.78, 5) is 24.2. The van der Waals surface area contributed by atoms with Crippen molar-refractivity contribution < 1.29 is 22.4 Å². The summed E-state index contributed by atoms with van der Waals surface area (Å²) < 4.78 is 27.2. The van der Waals surface area contributed by atoms with E-state index in [9.17, 15) is 18.0 Å². The van der Waals surface area contributed by atoms with Gasteiger partial charge in [0.15, 0.2) is 5.76 Å². The first-order valence-electron chi connectivity index (χ1n) is 7.18. The van der Waals surface area contributed by atoms with Crippen LogP contribution in [0.25, 0.3) is 0 Å². The van der Waals surface area contributed by atoms with E-state index in [1.165, 1.54) is 12.3 Å². The number of hydrogen-bond donors (Lipinski definition) is 2. The molecule has 7 nitrogen and oxygen atoms in total. The lowest BCUT2D eigenvalue weighted by Crippen LogP contribution is -2.29. The van der Waals surface area contributed by atoms with Crippen molar-refractivity contribution in [3.63, 3.8) is 0 Å². The number of anilines is 1. The highest BCUT2D eigenvalue weighted by Gasteiger charge is 2.15. The van der Waals surface area contributed by atoms with E-state index >= 15 is 0 Å². The van der Waals surface area contributed by atoms with Crippen LogP contribution in [0.3, 0.4) is 0 Å². The Balaban J connectivity index is 2.09. The predicted octanol–water partition coefficient (Wildman–Crippen LogP) is 1.61. The SMILES string of the molecule is Cc1c(NC(=O)c2ccco2)cccc1C(=O)NCCS(C)(=O)=O. The fourth-order valence-electron chi connectivity index (χ4n) is 2.05. The van der Waals surface area contributed by atoms with Crippen LogP contribution >= 0.6 is 0 Å². The van der Waals surface area contributed by atoms with Gasteiger partial charge in [0.1, 0.15) is 9.84 Å². The predicted molar refractivity (Wildman–Crippen MR) is 89.9 cm³/mol. The molecule has 0 unspecified atom stereocenters. The molecule has 1 aromatic heterocycles. The highest BCUT2D eigenvalue weighted by molar-refractivity contribution is 7.90. The highest BCUT2D eigenvalue weighted by atomic mass is 32.2. The molecule has 0 aliphatic rings. The first-order valence-corrected chi connectivity index (χ1v) is 9.24. The smallest absolute Gasteiger partial charge is 0.291 e. The normalized spacial score (nSPS) is 11.1. The van der Waals surface area contributed by atoms with E-state index in [1.54, 1.807) is 31.2 Å². The molecule has 0 saturated carbocycles. The van der Waals surface area contributed by atoms with Crippen LogP contribution in [0.4, 0.5) is 5.69 Å². The lowest BCUT2D eigenvalue weighted by atomic mass is 10.1. The van der Waals surface area contributed by atoms with E-state index < -0.39 is 21.7 Å². The molecule has 0 aliphatic heterocycles. The quantitative estimate of drug-likeness (QED) is 0.823. The van der Waals surface area contributed by atoms with Gasteiger partial charge < -0.3 is 15.1 Å². The number of hydrogen-bond acceptors (Lipinski definition) is 5. The molecule has 0 radical (unpaired) electrons. The molecule has 24 heavy (non-hydrogen) atoms. The second-order valence-electron chi connectivity index (χ2n) is 5.30. The van der Waals surface area contributed by atoms with Gasteiger partial charge in [0, 0.05) is 24.1 Å². The molecule has 1 aromatic carbocycles. The van der Waals surface area contributed by atoms with Crippen LogP contribution in [-0.4, -0.2) is 38.8 Å². The zero-order valence-corrected chi connectivity index (χ0v) is 14.1. The molecular weight excluding hydrogens is 332 g/mol. The molecule has 128 valence electrons. The van der Waals surface area contributed by atoms with Gasteiger partial charge in [0.05, 0.1) is 12.0 Å². The highest BCUT2D eigenvalue weighted by Crippen LogP contribution is 2.20. The maximum absolute atomic E-state index is 12.2. The zero-order valence-electron chi connectivity index (χ0n) is 13.3. The van der Waals surface area contributed by atoms with Crippen molar-refractivity contribution in [2.45, 2.75) is 6.92 Å². The van der Waals surface area contributed by atoms with Gasteiger partial charge >= 0.3 is 0 Å². The summed E-state index contributed by atoms with van der Waals surface area (Å²) >= 11 is 0. The molecule has 1 heterocycles. The summed E-state index contributed by atoms with van der Waals surface area (Å²) in [5, 5.41) is 5.23. The molecule has 0 atom stereocenters. The van der Waals surface area contributed by atoms with Crippen LogP contribution in [0.1, 0.15) is 26.5 Å². The summed E-state index contributed by atoms with van der Waals surface area (Å²) in [6.07, 6.45) is 2.50. The van der Waals surface area contributed by atoms with E-state index in [4.69, 9.17) is 4.42 Å². The third-order valence-electron chi connectivity index (χ3n) is 3.33. The molecular formula is C16H18N2O5S. The largest absolute Gasteiger partial charge is 0.459 e. The monoisotopic (exact) mass is 350 g/mol. The Morgan fingerprint density at radius 3 is 2.50 bits per heavy atom. The summed E-state index contributed by atoms with van der Waals surface area (Å²) in [5.41, 5.74) is 1.42. The van der Waals surface area contributed by atoms with Crippen molar-refractivity contribution in [2.24, 2.45) is 0 Å². The van der Waals surface area contributed by atoms with Crippen LogP contribution in [0.5, 0.6) is 0 Å². The topological polar surface area (TPSA) is 105 Å². The molecule has 0 saturated heterocycles. The average molecular weight is 350 g/mol.